The van der Waals surface area contributed by atoms with E-state index in [2.05, 4.69) is 10.6 Å². The minimum Gasteiger partial charge on any atom is -0.328 e. The van der Waals surface area contributed by atoms with Crippen LogP contribution >= 0.6 is 0 Å². The van der Waals surface area contributed by atoms with Gasteiger partial charge in [0.2, 0.25) is 11.8 Å². The Labute approximate surface area is 158 Å². The molecule has 1 saturated heterocycles. The summed E-state index contributed by atoms with van der Waals surface area (Å²) in [6.07, 6.45) is 5.05. The predicted molar refractivity (Wildman–Crippen MR) is 99.6 cm³/mol. The maximum absolute atomic E-state index is 12.8. The molecule has 4 rings (SSSR count). The highest BCUT2D eigenvalue weighted by Crippen LogP contribution is 2.28. The fourth-order valence-corrected chi connectivity index (χ4v) is 4.39. The molecule has 3 aliphatic rings. The number of fused-ring (bicyclic) bond motifs is 1. The standard InChI is InChI=1S/C20H26N4O3/c21-14-2-1-3-15(9-14)22-10-12-4-5-13-11-24(20(27)16(13)8-12)17-6-7-18(25)23-19(17)26/h4-5,8,14-15,17,22H,1-3,6-7,9-11,21H2,(H,23,25,26)/t14-,15-,17?/m0/s1. The van der Waals surface area contributed by atoms with Gasteiger partial charge in [0.25, 0.3) is 5.91 Å². The number of hydrogen-bond donors (Lipinski definition) is 3. The molecule has 1 unspecified atom stereocenters. The predicted octanol–water partition coefficient (Wildman–Crippen LogP) is 0.807. The molecule has 144 valence electrons. The van der Waals surface area contributed by atoms with Crippen LogP contribution in [0.3, 0.4) is 0 Å². The summed E-state index contributed by atoms with van der Waals surface area (Å²) in [4.78, 5) is 37.9. The van der Waals surface area contributed by atoms with Gasteiger partial charge in [-0.2, -0.15) is 0 Å². The Morgan fingerprint density at radius 1 is 1.19 bits per heavy atom. The van der Waals surface area contributed by atoms with Gasteiger partial charge in [-0.1, -0.05) is 18.6 Å². The van der Waals surface area contributed by atoms with Crippen molar-refractivity contribution >= 4 is 17.7 Å². The molecule has 0 spiro atoms. The zero-order valence-corrected chi connectivity index (χ0v) is 15.4. The smallest absolute Gasteiger partial charge is 0.255 e. The number of hydrogen-bond acceptors (Lipinski definition) is 5. The number of rotatable bonds is 4. The van der Waals surface area contributed by atoms with E-state index in [1.807, 2.05) is 18.2 Å². The van der Waals surface area contributed by atoms with Crippen LogP contribution in [0.2, 0.25) is 0 Å². The van der Waals surface area contributed by atoms with Crippen LogP contribution in [0.4, 0.5) is 0 Å². The Balaban J connectivity index is 1.42. The van der Waals surface area contributed by atoms with Gasteiger partial charge in [0.1, 0.15) is 6.04 Å². The number of benzene rings is 1. The number of nitrogens with zero attached hydrogens (tertiary/aromatic N) is 1. The summed E-state index contributed by atoms with van der Waals surface area (Å²) in [7, 11) is 0. The average Bonchev–Trinajstić information content (AvgIpc) is 2.96. The number of imide groups is 1. The molecule has 1 aromatic rings. The van der Waals surface area contributed by atoms with Crippen molar-refractivity contribution in [2.75, 3.05) is 0 Å². The van der Waals surface area contributed by atoms with Crippen molar-refractivity contribution in [2.24, 2.45) is 5.73 Å². The number of nitrogens with two attached hydrogens (primary N) is 1. The lowest BCUT2D eigenvalue weighted by Gasteiger charge is -2.29. The van der Waals surface area contributed by atoms with Gasteiger partial charge in [0.05, 0.1) is 0 Å². The molecule has 2 heterocycles. The van der Waals surface area contributed by atoms with Crippen molar-refractivity contribution in [3.05, 3.63) is 34.9 Å². The van der Waals surface area contributed by atoms with Gasteiger partial charge >= 0.3 is 0 Å². The molecule has 7 heteroatoms. The van der Waals surface area contributed by atoms with Gasteiger partial charge < -0.3 is 16.0 Å². The minimum absolute atomic E-state index is 0.124. The van der Waals surface area contributed by atoms with Crippen LogP contribution in [0, 0.1) is 0 Å². The zero-order chi connectivity index (χ0) is 19.0. The van der Waals surface area contributed by atoms with Crippen LogP contribution in [0.5, 0.6) is 0 Å². The Morgan fingerprint density at radius 3 is 2.81 bits per heavy atom. The quantitative estimate of drug-likeness (QED) is 0.680. The van der Waals surface area contributed by atoms with Gasteiger partial charge in [0, 0.05) is 37.2 Å². The van der Waals surface area contributed by atoms with Crippen LogP contribution in [-0.4, -0.2) is 40.7 Å². The zero-order valence-electron chi connectivity index (χ0n) is 15.4. The molecule has 4 N–H and O–H groups in total. The fourth-order valence-electron chi connectivity index (χ4n) is 4.39. The molecule has 27 heavy (non-hydrogen) atoms. The molecule has 0 bridgehead atoms. The maximum atomic E-state index is 12.8. The first-order chi connectivity index (χ1) is 13.0. The van der Waals surface area contributed by atoms with Crippen molar-refractivity contribution in [2.45, 2.75) is 69.7 Å². The van der Waals surface area contributed by atoms with Crippen LogP contribution in [0.1, 0.15) is 60.0 Å². The lowest BCUT2D eigenvalue weighted by atomic mass is 9.91. The monoisotopic (exact) mass is 370 g/mol. The molecule has 1 saturated carbocycles. The number of piperidine rings is 1. The van der Waals surface area contributed by atoms with Crippen LogP contribution in [-0.2, 0) is 22.7 Å². The lowest BCUT2D eigenvalue weighted by Crippen LogP contribution is -2.52. The molecule has 0 aromatic heterocycles. The van der Waals surface area contributed by atoms with E-state index in [0.29, 0.717) is 31.1 Å². The van der Waals surface area contributed by atoms with Crippen molar-refractivity contribution in [3.63, 3.8) is 0 Å². The summed E-state index contributed by atoms with van der Waals surface area (Å²) in [5.41, 5.74) is 8.71. The van der Waals surface area contributed by atoms with Crippen molar-refractivity contribution in [1.29, 1.82) is 0 Å². The fraction of sp³-hybridized carbons (Fsp3) is 0.550. The average molecular weight is 370 g/mol. The SMILES string of the molecule is N[C@H]1CCC[C@H](NCc2ccc3c(c2)C(=O)N(C2CCC(=O)NC2=O)C3)C1. The molecule has 3 atom stereocenters. The van der Waals surface area contributed by atoms with Gasteiger partial charge in [0.15, 0.2) is 0 Å². The van der Waals surface area contributed by atoms with E-state index in [-0.39, 0.29) is 30.2 Å². The second-order valence-corrected chi connectivity index (χ2v) is 7.90. The van der Waals surface area contributed by atoms with Crippen LogP contribution in [0.15, 0.2) is 18.2 Å². The first kappa shape index (κ1) is 18.1. The third-order valence-corrected chi connectivity index (χ3v) is 5.90. The molecule has 1 aliphatic carbocycles. The van der Waals surface area contributed by atoms with Crippen LogP contribution in [0.25, 0.3) is 0 Å². The summed E-state index contributed by atoms with van der Waals surface area (Å²) >= 11 is 0. The normalized spacial score (nSPS) is 28.3. The molecule has 2 fully saturated rings. The first-order valence-corrected chi connectivity index (χ1v) is 9.76. The van der Waals surface area contributed by atoms with Gasteiger partial charge in [-0.25, -0.2) is 0 Å². The molecule has 7 nitrogen and oxygen atoms in total. The van der Waals surface area contributed by atoms with Crippen molar-refractivity contribution in [3.8, 4) is 0 Å². The second-order valence-electron chi connectivity index (χ2n) is 7.90. The van der Waals surface area contributed by atoms with E-state index in [1.54, 1.807) is 4.90 Å². The molecule has 2 aliphatic heterocycles. The first-order valence-electron chi connectivity index (χ1n) is 9.76. The summed E-state index contributed by atoms with van der Waals surface area (Å²) in [5.74, 6) is -0.764. The highest BCUT2D eigenvalue weighted by Gasteiger charge is 2.39. The van der Waals surface area contributed by atoms with E-state index in [4.69, 9.17) is 5.73 Å². The Bertz CT molecular complexity index is 778. The van der Waals surface area contributed by atoms with Crippen molar-refractivity contribution < 1.29 is 14.4 Å². The van der Waals surface area contributed by atoms with Crippen LogP contribution < -0.4 is 16.4 Å². The number of amides is 3. The third-order valence-electron chi connectivity index (χ3n) is 5.90. The van der Waals surface area contributed by atoms with E-state index in [9.17, 15) is 14.4 Å². The van der Waals surface area contributed by atoms with Gasteiger partial charge in [-0.15, -0.1) is 0 Å². The van der Waals surface area contributed by atoms with E-state index in [0.717, 1.165) is 36.8 Å². The highest BCUT2D eigenvalue weighted by atomic mass is 16.2. The number of carbonyl (C=O) groups excluding carboxylic acids is 3. The van der Waals surface area contributed by atoms with Crippen molar-refractivity contribution in [1.82, 2.24) is 15.5 Å². The summed E-state index contributed by atoms with van der Waals surface area (Å²) in [5, 5.41) is 5.89. The largest absolute Gasteiger partial charge is 0.328 e. The Morgan fingerprint density at radius 2 is 2.04 bits per heavy atom. The maximum Gasteiger partial charge on any atom is 0.255 e. The molecule has 0 radical (unpaired) electrons. The summed E-state index contributed by atoms with van der Waals surface area (Å²) < 4.78 is 0. The topological polar surface area (TPSA) is 105 Å². The second kappa shape index (κ2) is 7.40. The van der Waals surface area contributed by atoms with E-state index < -0.39 is 6.04 Å². The lowest BCUT2D eigenvalue weighted by molar-refractivity contribution is -0.136. The third kappa shape index (κ3) is 3.75. The summed E-state index contributed by atoms with van der Waals surface area (Å²) in [6, 6.07) is 6.09. The Hall–Kier alpha value is -2.25. The van der Waals surface area contributed by atoms with E-state index >= 15 is 0 Å². The minimum atomic E-state index is -0.562. The number of nitrogens with one attached hydrogen (secondary N) is 2. The highest BCUT2D eigenvalue weighted by molar-refractivity contribution is 6.05. The van der Waals surface area contributed by atoms with Gasteiger partial charge in [-0.05, 0) is 42.9 Å². The molecular weight excluding hydrogens is 344 g/mol. The molecule has 1 aromatic carbocycles. The molecular formula is C20H26N4O3. The summed E-state index contributed by atoms with van der Waals surface area (Å²) in [6.45, 7) is 1.13. The number of carbonyl (C=O) groups is 3. The van der Waals surface area contributed by atoms with Gasteiger partial charge in [-0.3, -0.25) is 19.7 Å². The Kier molecular flexibility index (Phi) is 4.97. The van der Waals surface area contributed by atoms with E-state index in [1.165, 1.54) is 0 Å². The molecule has 3 amide bonds.